The van der Waals surface area contributed by atoms with E-state index in [4.69, 9.17) is 4.99 Å². The van der Waals surface area contributed by atoms with Gasteiger partial charge in [0.1, 0.15) is 5.82 Å². The summed E-state index contributed by atoms with van der Waals surface area (Å²) in [6.45, 7) is 4.46. The van der Waals surface area contributed by atoms with Gasteiger partial charge in [0.2, 0.25) is 0 Å². The summed E-state index contributed by atoms with van der Waals surface area (Å²) < 4.78 is 0. The summed E-state index contributed by atoms with van der Waals surface area (Å²) in [6.07, 6.45) is 5.59. The van der Waals surface area contributed by atoms with E-state index in [2.05, 4.69) is 58.9 Å². The van der Waals surface area contributed by atoms with Gasteiger partial charge in [-0.05, 0) is 31.4 Å². The molecule has 2 N–H and O–H groups in total. The SMILES string of the molecule is CCNC(=NCc1cccnc1N(C)C)NCC1(c2ccccc2)CCC1. The van der Waals surface area contributed by atoms with E-state index in [0.717, 1.165) is 30.4 Å². The van der Waals surface area contributed by atoms with Crippen LogP contribution in [0.1, 0.15) is 37.3 Å². The number of hydrogen-bond acceptors (Lipinski definition) is 3. The molecular formula is C22H31N5. The molecule has 0 unspecified atom stereocenters. The van der Waals surface area contributed by atoms with Gasteiger partial charge in [-0.3, -0.25) is 0 Å². The van der Waals surface area contributed by atoms with Crippen LogP contribution < -0.4 is 15.5 Å². The van der Waals surface area contributed by atoms with Crippen LogP contribution in [-0.2, 0) is 12.0 Å². The van der Waals surface area contributed by atoms with Crippen LogP contribution in [0, 0.1) is 0 Å². The van der Waals surface area contributed by atoms with Crippen LogP contribution >= 0.6 is 0 Å². The highest BCUT2D eigenvalue weighted by Crippen LogP contribution is 2.43. The van der Waals surface area contributed by atoms with Crippen LogP contribution in [-0.4, -0.2) is 38.1 Å². The fraction of sp³-hybridized carbons (Fsp3) is 0.455. The van der Waals surface area contributed by atoms with Crippen molar-refractivity contribution >= 4 is 11.8 Å². The summed E-state index contributed by atoms with van der Waals surface area (Å²) in [7, 11) is 4.03. The summed E-state index contributed by atoms with van der Waals surface area (Å²) in [5, 5.41) is 6.96. The number of nitrogens with zero attached hydrogens (tertiary/aromatic N) is 3. The first-order valence-electron chi connectivity index (χ1n) is 9.83. The first kappa shape index (κ1) is 19.2. The number of anilines is 1. The van der Waals surface area contributed by atoms with E-state index in [9.17, 15) is 0 Å². The van der Waals surface area contributed by atoms with E-state index in [1.165, 1.54) is 24.8 Å². The van der Waals surface area contributed by atoms with Crippen LogP contribution in [0.25, 0.3) is 0 Å². The Kier molecular flexibility index (Phi) is 6.32. The van der Waals surface area contributed by atoms with E-state index in [0.29, 0.717) is 6.54 Å². The number of hydrogen-bond donors (Lipinski definition) is 2. The lowest BCUT2D eigenvalue weighted by molar-refractivity contribution is 0.244. The topological polar surface area (TPSA) is 52.6 Å². The maximum atomic E-state index is 4.81. The Morgan fingerprint density at radius 2 is 1.89 bits per heavy atom. The van der Waals surface area contributed by atoms with Crippen molar-refractivity contribution in [2.75, 3.05) is 32.1 Å². The lowest BCUT2D eigenvalue weighted by Crippen LogP contribution is -2.48. The molecule has 0 aliphatic heterocycles. The molecule has 0 radical (unpaired) electrons. The largest absolute Gasteiger partial charge is 0.362 e. The number of benzene rings is 1. The normalized spacial score (nSPS) is 15.7. The third kappa shape index (κ3) is 4.59. The van der Waals surface area contributed by atoms with E-state index in [1.54, 1.807) is 0 Å². The van der Waals surface area contributed by atoms with Crippen LogP contribution in [0.5, 0.6) is 0 Å². The molecule has 1 aliphatic carbocycles. The van der Waals surface area contributed by atoms with Crippen LogP contribution in [0.3, 0.4) is 0 Å². The first-order chi connectivity index (χ1) is 13.1. The van der Waals surface area contributed by atoms with Crippen LogP contribution in [0.4, 0.5) is 5.82 Å². The molecule has 0 bridgehead atoms. The average Bonchev–Trinajstić information content (AvgIpc) is 2.66. The molecule has 0 atom stereocenters. The molecule has 3 rings (SSSR count). The zero-order valence-electron chi connectivity index (χ0n) is 16.7. The summed E-state index contributed by atoms with van der Waals surface area (Å²) in [6, 6.07) is 14.9. The Balaban J connectivity index is 1.70. The van der Waals surface area contributed by atoms with Crippen molar-refractivity contribution < 1.29 is 0 Å². The van der Waals surface area contributed by atoms with Crippen LogP contribution in [0.2, 0.25) is 0 Å². The highest BCUT2D eigenvalue weighted by Gasteiger charge is 2.38. The Morgan fingerprint density at radius 1 is 1.11 bits per heavy atom. The standard InChI is InChI=1S/C22H31N5/c1-4-23-21(25-16-18-10-8-15-24-20(18)27(2)3)26-17-22(13-9-14-22)19-11-6-5-7-12-19/h5-8,10-12,15H,4,9,13-14,16-17H2,1-3H3,(H2,23,25,26). The molecule has 1 fully saturated rings. The number of aromatic nitrogens is 1. The van der Waals surface area contributed by atoms with Crippen molar-refractivity contribution in [2.24, 2.45) is 4.99 Å². The van der Waals surface area contributed by atoms with Gasteiger partial charge in [0, 0.05) is 44.4 Å². The molecule has 1 heterocycles. The zero-order valence-corrected chi connectivity index (χ0v) is 16.7. The molecule has 27 heavy (non-hydrogen) atoms. The van der Waals surface area contributed by atoms with Gasteiger partial charge in [0.15, 0.2) is 5.96 Å². The highest BCUT2D eigenvalue weighted by molar-refractivity contribution is 5.80. The molecule has 5 nitrogen and oxygen atoms in total. The second-order valence-corrected chi connectivity index (χ2v) is 7.43. The third-order valence-electron chi connectivity index (χ3n) is 5.33. The van der Waals surface area contributed by atoms with E-state index in [-0.39, 0.29) is 5.41 Å². The lowest BCUT2D eigenvalue weighted by atomic mass is 9.64. The maximum Gasteiger partial charge on any atom is 0.191 e. The summed E-state index contributed by atoms with van der Waals surface area (Å²) >= 11 is 0. The predicted molar refractivity (Wildman–Crippen MR) is 113 cm³/mol. The molecule has 0 amide bonds. The Morgan fingerprint density at radius 3 is 2.52 bits per heavy atom. The smallest absolute Gasteiger partial charge is 0.191 e. The molecule has 0 saturated heterocycles. The number of guanidine groups is 1. The minimum Gasteiger partial charge on any atom is -0.362 e. The van der Waals surface area contributed by atoms with Gasteiger partial charge in [0.25, 0.3) is 0 Å². The zero-order chi connectivity index (χ0) is 19.1. The lowest BCUT2D eigenvalue weighted by Gasteiger charge is -2.43. The van der Waals surface area contributed by atoms with Crippen molar-refractivity contribution in [1.82, 2.24) is 15.6 Å². The number of pyridine rings is 1. The van der Waals surface area contributed by atoms with Gasteiger partial charge < -0.3 is 15.5 Å². The van der Waals surface area contributed by atoms with Gasteiger partial charge in [0.05, 0.1) is 6.54 Å². The second kappa shape index (κ2) is 8.89. The Labute approximate surface area is 162 Å². The van der Waals surface area contributed by atoms with Gasteiger partial charge >= 0.3 is 0 Å². The van der Waals surface area contributed by atoms with Crippen molar-refractivity contribution in [3.63, 3.8) is 0 Å². The van der Waals surface area contributed by atoms with Crippen LogP contribution in [0.15, 0.2) is 53.7 Å². The fourth-order valence-electron chi connectivity index (χ4n) is 3.68. The maximum absolute atomic E-state index is 4.81. The second-order valence-electron chi connectivity index (χ2n) is 7.43. The van der Waals surface area contributed by atoms with Crippen molar-refractivity contribution in [3.05, 3.63) is 59.8 Å². The summed E-state index contributed by atoms with van der Waals surface area (Å²) in [4.78, 5) is 11.3. The van der Waals surface area contributed by atoms with Gasteiger partial charge in [-0.1, -0.05) is 42.8 Å². The fourth-order valence-corrected chi connectivity index (χ4v) is 3.68. The molecule has 1 aliphatic rings. The van der Waals surface area contributed by atoms with Crippen molar-refractivity contribution in [3.8, 4) is 0 Å². The Bertz CT molecular complexity index is 750. The Hall–Kier alpha value is -2.56. The average molecular weight is 366 g/mol. The summed E-state index contributed by atoms with van der Waals surface area (Å²) in [5.41, 5.74) is 2.79. The number of rotatable bonds is 7. The monoisotopic (exact) mass is 365 g/mol. The van der Waals surface area contributed by atoms with Gasteiger partial charge in [-0.15, -0.1) is 0 Å². The molecular weight excluding hydrogens is 334 g/mol. The van der Waals surface area contributed by atoms with Gasteiger partial charge in [-0.25, -0.2) is 9.98 Å². The number of nitrogens with one attached hydrogen (secondary N) is 2. The molecule has 1 aromatic heterocycles. The highest BCUT2D eigenvalue weighted by atomic mass is 15.2. The molecule has 0 spiro atoms. The molecule has 2 aromatic rings. The first-order valence-corrected chi connectivity index (χ1v) is 9.83. The van der Waals surface area contributed by atoms with Crippen molar-refractivity contribution in [1.29, 1.82) is 0 Å². The molecule has 1 saturated carbocycles. The van der Waals surface area contributed by atoms with E-state index in [1.807, 2.05) is 31.3 Å². The molecule has 144 valence electrons. The van der Waals surface area contributed by atoms with E-state index >= 15 is 0 Å². The minimum absolute atomic E-state index is 0.237. The summed E-state index contributed by atoms with van der Waals surface area (Å²) in [5.74, 6) is 1.84. The predicted octanol–water partition coefficient (Wildman–Crippen LogP) is 3.32. The third-order valence-corrected chi connectivity index (χ3v) is 5.33. The molecule has 1 aromatic carbocycles. The quantitative estimate of drug-likeness (QED) is 0.584. The van der Waals surface area contributed by atoms with Gasteiger partial charge in [-0.2, -0.15) is 0 Å². The van der Waals surface area contributed by atoms with Crippen molar-refractivity contribution in [2.45, 2.75) is 38.1 Å². The van der Waals surface area contributed by atoms with E-state index < -0.39 is 0 Å². The minimum atomic E-state index is 0.237. The number of aliphatic imine (C=N–C) groups is 1. The molecule has 5 heteroatoms.